The van der Waals surface area contributed by atoms with E-state index in [0.717, 1.165) is 22.5 Å². The van der Waals surface area contributed by atoms with Gasteiger partial charge in [-0.15, -0.1) is 0 Å². The van der Waals surface area contributed by atoms with Crippen LogP contribution in [0.5, 0.6) is 0 Å². The van der Waals surface area contributed by atoms with Gasteiger partial charge in [0, 0.05) is 31.3 Å². The van der Waals surface area contributed by atoms with Gasteiger partial charge in [-0.25, -0.2) is 0 Å². The molecule has 0 saturated heterocycles. The third-order valence-electron chi connectivity index (χ3n) is 3.65. The molecule has 23 heavy (non-hydrogen) atoms. The van der Waals surface area contributed by atoms with Crippen LogP contribution < -0.4 is 10.2 Å². The lowest BCUT2D eigenvalue weighted by Gasteiger charge is -2.22. The second-order valence-corrected chi connectivity index (χ2v) is 5.62. The molecule has 2 amide bonds. The summed E-state index contributed by atoms with van der Waals surface area (Å²) in [6.07, 6.45) is 0.252. The van der Waals surface area contributed by atoms with Gasteiger partial charge in [0.05, 0.1) is 0 Å². The Bertz CT molecular complexity index is 710. The minimum atomic E-state index is -0.101. The van der Waals surface area contributed by atoms with Crippen molar-refractivity contribution in [3.8, 4) is 0 Å². The fourth-order valence-corrected chi connectivity index (χ4v) is 2.47. The molecule has 1 N–H and O–H groups in total. The zero-order valence-electron chi connectivity index (χ0n) is 13.8. The summed E-state index contributed by atoms with van der Waals surface area (Å²) in [5.41, 5.74) is 3.73. The molecule has 120 valence electrons. The normalized spacial score (nSPS) is 10.2. The predicted molar refractivity (Wildman–Crippen MR) is 93.6 cm³/mol. The van der Waals surface area contributed by atoms with Crippen molar-refractivity contribution in [2.45, 2.75) is 27.2 Å². The van der Waals surface area contributed by atoms with Crippen LogP contribution in [-0.4, -0.2) is 18.4 Å². The molecule has 0 aliphatic carbocycles. The van der Waals surface area contributed by atoms with E-state index in [4.69, 9.17) is 0 Å². The van der Waals surface area contributed by atoms with E-state index in [0.29, 0.717) is 6.54 Å². The largest absolute Gasteiger partial charge is 0.326 e. The van der Waals surface area contributed by atoms with E-state index in [2.05, 4.69) is 5.32 Å². The van der Waals surface area contributed by atoms with Crippen LogP contribution in [0.4, 0.5) is 11.4 Å². The lowest BCUT2D eigenvalue weighted by Crippen LogP contribution is -2.32. The van der Waals surface area contributed by atoms with Crippen LogP contribution in [0.15, 0.2) is 48.5 Å². The number of benzene rings is 2. The molecule has 2 aromatic rings. The average molecular weight is 310 g/mol. The van der Waals surface area contributed by atoms with E-state index >= 15 is 0 Å². The fourth-order valence-electron chi connectivity index (χ4n) is 2.47. The minimum absolute atomic E-state index is 0.0670. The van der Waals surface area contributed by atoms with Gasteiger partial charge in [-0.1, -0.05) is 30.3 Å². The summed E-state index contributed by atoms with van der Waals surface area (Å²) in [5.74, 6) is -0.168. The molecule has 0 radical (unpaired) electrons. The number of carbonyl (C=O) groups excluding carboxylic acids is 2. The van der Waals surface area contributed by atoms with Crippen molar-refractivity contribution in [1.29, 1.82) is 0 Å². The summed E-state index contributed by atoms with van der Waals surface area (Å²) < 4.78 is 0. The maximum atomic E-state index is 12.1. The van der Waals surface area contributed by atoms with E-state index < -0.39 is 0 Å². The molecule has 0 saturated carbocycles. The first kappa shape index (κ1) is 16.7. The summed E-state index contributed by atoms with van der Waals surface area (Å²) in [7, 11) is 0. The Morgan fingerprint density at radius 1 is 1.04 bits per heavy atom. The van der Waals surface area contributed by atoms with Gasteiger partial charge < -0.3 is 10.2 Å². The van der Waals surface area contributed by atoms with E-state index in [-0.39, 0.29) is 18.2 Å². The molecule has 0 aromatic heterocycles. The van der Waals surface area contributed by atoms with Crippen LogP contribution in [-0.2, 0) is 9.59 Å². The quantitative estimate of drug-likeness (QED) is 0.915. The molecule has 0 spiro atoms. The Morgan fingerprint density at radius 2 is 1.78 bits per heavy atom. The summed E-state index contributed by atoms with van der Waals surface area (Å²) in [5, 5.41) is 2.87. The first-order chi connectivity index (χ1) is 11.0. The molecule has 4 heteroatoms. The van der Waals surface area contributed by atoms with Crippen LogP contribution >= 0.6 is 0 Å². The van der Waals surface area contributed by atoms with Crippen molar-refractivity contribution < 1.29 is 9.59 Å². The van der Waals surface area contributed by atoms with Crippen LogP contribution in [0.2, 0.25) is 0 Å². The van der Waals surface area contributed by atoms with E-state index in [9.17, 15) is 9.59 Å². The van der Waals surface area contributed by atoms with Crippen molar-refractivity contribution in [3.05, 3.63) is 59.7 Å². The number of nitrogens with one attached hydrogen (secondary N) is 1. The Hall–Kier alpha value is -2.62. The number of hydrogen-bond acceptors (Lipinski definition) is 2. The predicted octanol–water partition coefficient (Wildman–Crippen LogP) is 3.69. The van der Waals surface area contributed by atoms with Crippen molar-refractivity contribution >= 4 is 23.2 Å². The van der Waals surface area contributed by atoms with Gasteiger partial charge in [0.2, 0.25) is 11.8 Å². The first-order valence-electron chi connectivity index (χ1n) is 7.67. The molecule has 0 heterocycles. The average Bonchev–Trinajstić information content (AvgIpc) is 2.49. The number of rotatable bonds is 5. The van der Waals surface area contributed by atoms with Crippen molar-refractivity contribution in [2.75, 3.05) is 16.8 Å². The maximum Gasteiger partial charge on any atom is 0.226 e. The summed E-state index contributed by atoms with van der Waals surface area (Å²) in [6, 6.07) is 15.3. The van der Waals surface area contributed by atoms with Gasteiger partial charge in [0.15, 0.2) is 0 Å². The minimum Gasteiger partial charge on any atom is -0.326 e. The second-order valence-electron chi connectivity index (χ2n) is 5.62. The number of carbonyl (C=O) groups is 2. The van der Waals surface area contributed by atoms with Crippen LogP contribution in [0.1, 0.15) is 24.5 Å². The molecule has 4 nitrogen and oxygen atoms in total. The molecule has 2 aromatic carbocycles. The molecule has 0 aliphatic heterocycles. The standard InChI is InChI=1S/C19H22N2O2/c1-14-7-6-9-17(13-14)20-19(23)11-12-21(16(3)22)18-10-5-4-8-15(18)2/h4-10,13H,11-12H2,1-3H3,(H,20,23). The molecule has 0 bridgehead atoms. The van der Waals surface area contributed by atoms with Crippen LogP contribution in [0.3, 0.4) is 0 Å². The number of para-hydroxylation sites is 1. The number of aryl methyl sites for hydroxylation is 2. The van der Waals surface area contributed by atoms with Gasteiger partial charge in [-0.05, 0) is 43.2 Å². The SMILES string of the molecule is CC(=O)N(CCC(=O)Nc1cccc(C)c1)c1ccccc1C. The maximum absolute atomic E-state index is 12.1. The number of nitrogens with zero attached hydrogens (tertiary/aromatic N) is 1. The van der Waals surface area contributed by atoms with Crippen molar-refractivity contribution in [1.82, 2.24) is 0 Å². The third kappa shape index (κ3) is 4.68. The highest BCUT2D eigenvalue weighted by atomic mass is 16.2. The smallest absolute Gasteiger partial charge is 0.226 e. The summed E-state index contributed by atoms with van der Waals surface area (Å²) in [6.45, 7) is 5.81. The molecular weight excluding hydrogens is 288 g/mol. The molecule has 0 fully saturated rings. The Labute approximate surface area is 137 Å². The summed E-state index contributed by atoms with van der Waals surface area (Å²) in [4.78, 5) is 25.7. The lowest BCUT2D eigenvalue weighted by atomic mass is 10.1. The number of amides is 2. The molecule has 2 rings (SSSR count). The van der Waals surface area contributed by atoms with E-state index in [1.807, 2.05) is 62.4 Å². The van der Waals surface area contributed by atoms with E-state index in [1.165, 1.54) is 6.92 Å². The highest BCUT2D eigenvalue weighted by molar-refractivity contribution is 5.95. The zero-order valence-corrected chi connectivity index (χ0v) is 13.8. The highest BCUT2D eigenvalue weighted by Crippen LogP contribution is 2.20. The first-order valence-corrected chi connectivity index (χ1v) is 7.67. The third-order valence-corrected chi connectivity index (χ3v) is 3.65. The highest BCUT2D eigenvalue weighted by Gasteiger charge is 2.15. The number of anilines is 2. The molecule has 0 aliphatic rings. The Morgan fingerprint density at radius 3 is 2.43 bits per heavy atom. The monoisotopic (exact) mass is 310 g/mol. The van der Waals surface area contributed by atoms with Crippen molar-refractivity contribution in [2.24, 2.45) is 0 Å². The Balaban J connectivity index is 2.00. The topological polar surface area (TPSA) is 49.4 Å². The van der Waals surface area contributed by atoms with Gasteiger partial charge in [-0.2, -0.15) is 0 Å². The van der Waals surface area contributed by atoms with Crippen LogP contribution in [0.25, 0.3) is 0 Å². The van der Waals surface area contributed by atoms with Crippen molar-refractivity contribution in [3.63, 3.8) is 0 Å². The zero-order chi connectivity index (χ0) is 16.8. The second kappa shape index (κ2) is 7.58. The molecule has 0 atom stereocenters. The Kier molecular flexibility index (Phi) is 5.52. The molecule has 0 unspecified atom stereocenters. The summed E-state index contributed by atoms with van der Waals surface area (Å²) >= 11 is 0. The van der Waals surface area contributed by atoms with Gasteiger partial charge >= 0.3 is 0 Å². The van der Waals surface area contributed by atoms with E-state index in [1.54, 1.807) is 4.90 Å². The van der Waals surface area contributed by atoms with Gasteiger partial charge in [0.25, 0.3) is 0 Å². The van der Waals surface area contributed by atoms with Gasteiger partial charge in [-0.3, -0.25) is 9.59 Å². The lowest BCUT2D eigenvalue weighted by molar-refractivity contribution is -0.117. The van der Waals surface area contributed by atoms with Gasteiger partial charge in [0.1, 0.15) is 0 Å². The number of hydrogen-bond donors (Lipinski definition) is 1. The fraction of sp³-hybridized carbons (Fsp3) is 0.263. The van der Waals surface area contributed by atoms with Crippen LogP contribution in [0, 0.1) is 13.8 Å². The molecular formula is C19H22N2O2.